The largest absolute Gasteiger partial charge is 0.250 e. The summed E-state index contributed by atoms with van der Waals surface area (Å²) < 4.78 is 51.8. The number of hydrogen-bond donors (Lipinski definition) is 1. The van der Waals surface area contributed by atoms with Crippen LogP contribution < -0.4 is 4.72 Å². The smallest absolute Gasteiger partial charge is 0.213 e. The first-order valence-electron chi connectivity index (χ1n) is 7.31. The lowest BCUT2D eigenvalue weighted by atomic mass is 10.1. The van der Waals surface area contributed by atoms with Crippen LogP contribution in [0.5, 0.6) is 0 Å². The zero-order valence-corrected chi connectivity index (χ0v) is 15.7. The van der Waals surface area contributed by atoms with Crippen molar-refractivity contribution in [3.63, 3.8) is 0 Å². The molecule has 0 aliphatic rings. The van der Waals surface area contributed by atoms with Crippen LogP contribution in [-0.2, 0) is 26.5 Å². The molecule has 0 saturated heterocycles. The molecular formula is C15H20N2O4S3. The van der Waals surface area contributed by atoms with Crippen molar-refractivity contribution < 1.29 is 16.8 Å². The summed E-state index contributed by atoms with van der Waals surface area (Å²) in [6.07, 6.45) is 1.71. The fourth-order valence-electron chi connectivity index (χ4n) is 2.13. The lowest BCUT2D eigenvalue weighted by molar-refractivity contribution is 0.420. The number of rotatable bonds is 9. The molecule has 0 saturated carbocycles. The normalized spacial score (nSPS) is 12.6. The molecule has 0 aliphatic heterocycles. The van der Waals surface area contributed by atoms with Crippen molar-refractivity contribution in [2.45, 2.75) is 10.6 Å². The molecule has 132 valence electrons. The van der Waals surface area contributed by atoms with E-state index >= 15 is 0 Å². The molecule has 2 aromatic rings. The molecule has 1 aromatic heterocycles. The maximum Gasteiger partial charge on any atom is 0.250 e. The third-order valence-corrected chi connectivity index (χ3v) is 7.54. The molecule has 0 atom stereocenters. The molecule has 1 aromatic carbocycles. The highest BCUT2D eigenvalue weighted by molar-refractivity contribution is 7.91. The standard InChI is InChI=1S/C15H20N2O4S3/c1-23(18,19)17(11-9-14-6-3-2-4-7-14)12-10-16-24(20,21)15-8-5-13-22-15/h2-8,13,16H,9-12H2,1H3. The fraction of sp³-hybridized carbons (Fsp3) is 0.333. The number of sulfonamides is 2. The van der Waals surface area contributed by atoms with Crippen LogP contribution in [0, 0.1) is 0 Å². The fourth-order valence-corrected chi connectivity index (χ4v) is 5.04. The van der Waals surface area contributed by atoms with Crippen molar-refractivity contribution in [2.75, 3.05) is 25.9 Å². The Morgan fingerprint density at radius 3 is 2.29 bits per heavy atom. The Morgan fingerprint density at radius 2 is 1.71 bits per heavy atom. The first kappa shape index (κ1) is 19.1. The minimum Gasteiger partial charge on any atom is -0.213 e. The monoisotopic (exact) mass is 388 g/mol. The van der Waals surface area contributed by atoms with Gasteiger partial charge in [-0.05, 0) is 23.4 Å². The van der Waals surface area contributed by atoms with Crippen LogP contribution in [0.25, 0.3) is 0 Å². The molecule has 0 amide bonds. The minimum atomic E-state index is -3.58. The lowest BCUT2D eigenvalue weighted by Crippen LogP contribution is -2.39. The molecule has 1 heterocycles. The maximum atomic E-state index is 12.0. The van der Waals surface area contributed by atoms with Gasteiger partial charge < -0.3 is 0 Å². The Kier molecular flexibility index (Phi) is 6.53. The minimum absolute atomic E-state index is 0.0299. The van der Waals surface area contributed by atoms with Gasteiger partial charge in [-0.3, -0.25) is 0 Å². The second kappa shape index (κ2) is 8.21. The highest BCUT2D eigenvalue weighted by Crippen LogP contribution is 2.15. The van der Waals surface area contributed by atoms with E-state index in [1.807, 2.05) is 30.3 Å². The maximum absolute atomic E-state index is 12.0. The van der Waals surface area contributed by atoms with E-state index in [4.69, 9.17) is 0 Å². The van der Waals surface area contributed by atoms with Crippen LogP contribution >= 0.6 is 11.3 Å². The molecule has 0 radical (unpaired) electrons. The van der Waals surface area contributed by atoms with E-state index in [0.29, 0.717) is 13.0 Å². The van der Waals surface area contributed by atoms with Gasteiger partial charge in [-0.1, -0.05) is 36.4 Å². The van der Waals surface area contributed by atoms with E-state index in [0.717, 1.165) is 23.2 Å². The zero-order chi connectivity index (χ0) is 17.6. The summed E-state index contributed by atoms with van der Waals surface area (Å²) in [5.74, 6) is 0. The predicted octanol–water partition coefficient (Wildman–Crippen LogP) is 1.53. The average molecular weight is 389 g/mol. The van der Waals surface area contributed by atoms with Gasteiger partial charge in [-0.25, -0.2) is 25.9 Å². The molecule has 24 heavy (non-hydrogen) atoms. The topological polar surface area (TPSA) is 83.6 Å². The van der Waals surface area contributed by atoms with Gasteiger partial charge in [-0.15, -0.1) is 11.3 Å². The molecule has 2 rings (SSSR count). The van der Waals surface area contributed by atoms with Gasteiger partial charge in [0.05, 0.1) is 6.26 Å². The second-order valence-corrected chi connectivity index (χ2v) is 10.2. The van der Waals surface area contributed by atoms with E-state index in [-0.39, 0.29) is 17.3 Å². The average Bonchev–Trinajstić information content (AvgIpc) is 3.05. The SMILES string of the molecule is CS(=O)(=O)N(CCNS(=O)(=O)c1cccs1)CCc1ccccc1. The summed E-state index contributed by atoms with van der Waals surface area (Å²) in [6, 6.07) is 12.7. The Bertz CT molecular complexity index is 832. The number of thiophene rings is 1. The van der Waals surface area contributed by atoms with E-state index in [1.165, 1.54) is 10.4 Å². The highest BCUT2D eigenvalue weighted by atomic mass is 32.2. The summed E-state index contributed by atoms with van der Waals surface area (Å²) in [6.45, 7) is 0.432. The van der Waals surface area contributed by atoms with Gasteiger partial charge in [0, 0.05) is 19.6 Å². The Labute approximate surface area is 147 Å². The van der Waals surface area contributed by atoms with E-state index in [1.54, 1.807) is 11.4 Å². The number of nitrogens with zero attached hydrogens (tertiary/aromatic N) is 1. The summed E-state index contributed by atoms with van der Waals surface area (Å²) in [4.78, 5) is 0. The second-order valence-electron chi connectivity index (χ2n) is 5.23. The molecule has 6 nitrogen and oxygen atoms in total. The van der Waals surface area contributed by atoms with E-state index < -0.39 is 20.0 Å². The van der Waals surface area contributed by atoms with Crippen molar-refractivity contribution in [2.24, 2.45) is 0 Å². The molecule has 0 fully saturated rings. The van der Waals surface area contributed by atoms with Gasteiger partial charge in [0.1, 0.15) is 4.21 Å². The molecule has 1 N–H and O–H groups in total. The van der Waals surface area contributed by atoms with Gasteiger partial charge in [0.15, 0.2) is 0 Å². The van der Waals surface area contributed by atoms with Crippen molar-refractivity contribution >= 4 is 31.4 Å². The highest BCUT2D eigenvalue weighted by Gasteiger charge is 2.19. The number of benzene rings is 1. The Hall–Kier alpha value is -1.26. The van der Waals surface area contributed by atoms with Crippen LogP contribution in [-0.4, -0.2) is 47.0 Å². The lowest BCUT2D eigenvalue weighted by Gasteiger charge is -2.20. The third kappa shape index (κ3) is 5.67. The summed E-state index contributed by atoms with van der Waals surface area (Å²) in [7, 11) is -6.98. The van der Waals surface area contributed by atoms with Crippen LogP contribution in [0.3, 0.4) is 0 Å². The first-order valence-corrected chi connectivity index (χ1v) is 11.5. The van der Waals surface area contributed by atoms with Crippen LogP contribution in [0.2, 0.25) is 0 Å². The van der Waals surface area contributed by atoms with Crippen molar-refractivity contribution in [3.05, 3.63) is 53.4 Å². The molecule has 9 heteroatoms. The van der Waals surface area contributed by atoms with Gasteiger partial charge in [0.2, 0.25) is 20.0 Å². The Morgan fingerprint density at radius 1 is 1.00 bits per heavy atom. The van der Waals surface area contributed by atoms with Gasteiger partial charge >= 0.3 is 0 Å². The quantitative estimate of drug-likeness (QED) is 0.706. The zero-order valence-electron chi connectivity index (χ0n) is 13.3. The summed E-state index contributed by atoms with van der Waals surface area (Å²) in [5, 5.41) is 1.68. The molecule has 0 spiro atoms. The summed E-state index contributed by atoms with van der Waals surface area (Å²) >= 11 is 1.12. The van der Waals surface area contributed by atoms with Crippen molar-refractivity contribution in [1.82, 2.24) is 9.03 Å². The van der Waals surface area contributed by atoms with Crippen LogP contribution in [0.4, 0.5) is 0 Å². The Balaban J connectivity index is 1.92. The summed E-state index contributed by atoms with van der Waals surface area (Å²) in [5.41, 5.74) is 1.03. The predicted molar refractivity (Wildman–Crippen MR) is 96.1 cm³/mol. The van der Waals surface area contributed by atoms with Crippen LogP contribution in [0.15, 0.2) is 52.1 Å². The number of nitrogens with one attached hydrogen (secondary N) is 1. The van der Waals surface area contributed by atoms with Crippen molar-refractivity contribution in [3.8, 4) is 0 Å². The van der Waals surface area contributed by atoms with E-state index in [9.17, 15) is 16.8 Å². The van der Waals surface area contributed by atoms with E-state index in [2.05, 4.69) is 4.72 Å². The van der Waals surface area contributed by atoms with Gasteiger partial charge in [-0.2, -0.15) is 0 Å². The molecule has 0 unspecified atom stereocenters. The number of hydrogen-bond acceptors (Lipinski definition) is 5. The van der Waals surface area contributed by atoms with Crippen LogP contribution in [0.1, 0.15) is 5.56 Å². The van der Waals surface area contributed by atoms with Gasteiger partial charge in [0.25, 0.3) is 0 Å². The third-order valence-electron chi connectivity index (χ3n) is 3.37. The molecule has 0 aliphatic carbocycles. The first-order chi connectivity index (χ1) is 11.3. The molecular weight excluding hydrogens is 368 g/mol. The molecule has 0 bridgehead atoms. The van der Waals surface area contributed by atoms with Crippen molar-refractivity contribution in [1.29, 1.82) is 0 Å².